The van der Waals surface area contributed by atoms with Crippen LogP contribution in [-0.2, 0) is 22.4 Å². The van der Waals surface area contributed by atoms with Gasteiger partial charge < -0.3 is 14.5 Å². The molecule has 2 aromatic rings. The molecule has 0 aromatic carbocycles. The summed E-state index contributed by atoms with van der Waals surface area (Å²) in [5.74, 6) is 0.725. The Morgan fingerprint density at radius 3 is 2.65 bits per heavy atom. The first-order valence-electron chi connectivity index (χ1n) is 8.87. The summed E-state index contributed by atoms with van der Waals surface area (Å²) in [5.41, 5.74) is 1.56. The Hall–Kier alpha value is -2.34. The van der Waals surface area contributed by atoms with Crippen LogP contribution in [-0.4, -0.2) is 19.0 Å². The number of carbonyl (C=O) groups excluding carboxylic acids is 2. The van der Waals surface area contributed by atoms with Crippen molar-refractivity contribution in [1.82, 2.24) is 0 Å². The summed E-state index contributed by atoms with van der Waals surface area (Å²) >= 11 is 1.49. The Balaban J connectivity index is 1.83. The second kappa shape index (κ2) is 8.36. The minimum Gasteiger partial charge on any atom is -0.465 e. The molecule has 0 radical (unpaired) electrons. The molecule has 0 fully saturated rings. The van der Waals surface area contributed by atoms with Gasteiger partial charge in [-0.1, -0.05) is 12.8 Å². The summed E-state index contributed by atoms with van der Waals surface area (Å²) in [4.78, 5) is 25.8. The number of anilines is 1. The number of furan rings is 1. The van der Waals surface area contributed by atoms with Crippen molar-refractivity contribution in [2.45, 2.75) is 45.4 Å². The molecule has 0 spiro atoms. The Bertz CT molecular complexity index is 831. The Morgan fingerprint density at radius 1 is 1.19 bits per heavy atom. The van der Waals surface area contributed by atoms with Crippen molar-refractivity contribution in [3.63, 3.8) is 0 Å². The fourth-order valence-corrected chi connectivity index (χ4v) is 4.46. The molecule has 0 unspecified atom stereocenters. The van der Waals surface area contributed by atoms with E-state index in [1.807, 2.05) is 13.0 Å². The lowest BCUT2D eigenvalue weighted by molar-refractivity contribution is -0.111. The first-order chi connectivity index (χ1) is 12.6. The van der Waals surface area contributed by atoms with Crippen molar-refractivity contribution >= 4 is 34.3 Å². The molecule has 5 nitrogen and oxygen atoms in total. The quantitative estimate of drug-likeness (QED) is 0.620. The van der Waals surface area contributed by atoms with Crippen LogP contribution in [0.15, 0.2) is 22.6 Å². The van der Waals surface area contributed by atoms with Crippen molar-refractivity contribution in [3.05, 3.63) is 45.7 Å². The molecule has 3 rings (SSSR count). The van der Waals surface area contributed by atoms with Gasteiger partial charge in [0.25, 0.3) is 0 Å². The van der Waals surface area contributed by atoms with Crippen LogP contribution in [0.5, 0.6) is 0 Å². The minimum atomic E-state index is -0.385. The van der Waals surface area contributed by atoms with Gasteiger partial charge in [-0.25, -0.2) is 4.79 Å². The molecule has 0 atom stereocenters. The lowest BCUT2D eigenvalue weighted by atomic mass is 9.96. The smallest absolute Gasteiger partial charge is 0.341 e. The van der Waals surface area contributed by atoms with E-state index in [9.17, 15) is 9.59 Å². The molecule has 26 heavy (non-hydrogen) atoms. The molecule has 0 saturated heterocycles. The van der Waals surface area contributed by atoms with Crippen LogP contribution in [0, 0.1) is 6.92 Å². The molecule has 2 heterocycles. The average molecular weight is 373 g/mol. The maximum atomic E-state index is 12.3. The standard InChI is InChI=1S/C20H23NO4S/c1-13-9-10-14(25-13)11-12-17(22)21-19-18(20(23)24-2)15-7-5-3-4-6-8-16(15)26-19/h9-12H,3-8H2,1-2H3,(H,21,22)/b12-11+. The lowest BCUT2D eigenvalue weighted by Gasteiger charge is -2.10. The van der Waals surface area contributed by atoms with Crippen molar-refractivity contribution in [2.75, 3.05) is 12.4 Å². The van der Waals surface area contributed by atoms with E-state index < -0.39 is 0 Å². The van der Waals surface area contributed by atoms with Crippen molar-refractivity contribution in [1.29, 1.82) is 0 Å². The Labute approximate surface area is 157 Å². The maximum absolute atomic E-state index is 12.3. The average Bonchev–Trinajstić information content (AvgIpc) is 3.16. The van der Waals surface area contributed by atoms with Gasteiger partial charge in [-0.3, -0.25) is 4.79 Å². The molecular formula is C20H23NO4S. The second-order valence-corrected chi connectivity index (χ2v) is 7.49. The predicted molar refractivity (Wildman–Crippen MR) is 103 cm³/mol. The molecule has 2 aromatic heterocycles. The van der Waals surface area contributed by atoms with Crippen LogP contribution in [0.3, 0.4) is 0 Å². The number of methoxy groups -OCH3 is 1. The van der Waals surface area contributed by atoms with Crippen LogP contribution in [0.2, 0.25) is 0 Å². The highest BCUT2D eigenvalue weighted by Gasteiger charge is 2.25. The molecule has 1 aliphatic carbocycles. The normalized spacial score (nSPS) is 14.5. The third-order valence-electron chi connectivity index (χ3n) is 4.46. The maximum Gasteiger partial charge on any atom is 0.341 e. The van der Waals surface area contributed by atoms with Gasteiger partial charge in [0, 0.05) is 11.0 Å². The number of nitrogens with one attached hydrogen (secondary N) is 1. The zero-order valence-corrected chi connectivity index (χ0v) is 15.9. The zero-order valence-electron chi connectivity index (χ0n) is 15.1. The van der Waals surface area contributed by atoms with E-state index in [2.05, 4.69) is 5.32 Å². The Morgan fingerprint density at radius 2 is 1.96 bits per heavy atom. The SMILES string of the molecule is COC(=O)c1c(NC(=O)/C=C/c2ccc(C)o2)sc2c1CCCCCC2. The number of hydrogen-bond donors (Lipinski definition) is 1. The fraction of sp³-hybridized carbons (Fsp3) is 0.400. The Kier molecular flexibility index (Phi) is 5.93. The van der Waals surface area contributed by atoms with Crippen LogP contribution in [0.1, 0.15) is 58.0 Å². The molecule has 0 bridgehead atoms. The molecule has 0 aliphatic heterocycles. The van der Waals surface area contributed by atoms with Crippen LogP contribution >= 0.6 is 11.3 Å². The number of thiophene rings is 1. The zero-order chi connectivity index (χ0) is 18.5. The van der Waals surface area contributed by atoms with Crippen LogP contribution < -0.4 is 5.32 Å². The first-order valence-corrected chi connectivity index (χ1v) is 9.68. The minimum absolute atomic E-state index is 0.293. The summed E-state index contributed by atoms with van der Waals surface area (Å²) < 4.78 is 10.4. The summed E-state index contributed by atoms with van der Waals surface area (Å²) in [5, 5.41) is 3.43. The lowest BCUT2D eigenvalue weighted by Crippen LogP contribution is -2.12. The van der Waals surface area contributed by atoms with Gasteiger partial charge in [0.1, 0.15) is 16.5 Å². The number of rotatable bonds is 4. The monoisotopic (exact) mass is 373 g/mol. The highest BCUT2D eigenvalue weighted by atomic mass is 32.1. The van der Waals surface area contributed by atoms with Gasteiger partial charge in [-0.15, -0.1) is 11.3 Å². The van der Waals surface area contributed by atoms with Crippen LogP contribution in [0.25, 0.3) is 6.08 Å². The summed E-state index contributed by atoms with van der Waals surface area (Å²) in [7, 11) is 1.38. The van der Waals surface area contributed by atoms with E-state index in [1.54, 1.807) is 12.1 Å². The molecule has 1 aliphatic rings. The molecule has 1 N–H and O–H groups in total. The summed E-state index contributed by atoms with van der Waals surface area (Å²) in [6.07, 6.45) is 9.37. The van der Waals surface area contributed by atoms with Gasteiger partial charge in [0.15, 0.2) is 0 Å². The van der Waals surface area contributed by atoms with Gasteiger partial charge in [0.05, 0.1) is 12.7 Å². The predicted octanol–water partition coefficient (Wildman–Crippen LogP) is 4.75. The fourth-order valence-electron chi connectivity index (χ4n) is 3.18. The molecule has 0 saturated carbocycles. The number of fused-ring (bicyclic) bond motifs is 1. The van der Waals surface area contributed by atoms with E-state index in [1.165, 1.54) is 42.2 Å². The van der Waals surface area contributed by atoms with Crippen molar-refractivity contribution in [3.8, 4) is 0 Å². The second-order valence-electron chi connectivity index (χ2n) is 6.38. The largest absolute Gasteiger partial charge is 0.465 e. The number of carbonyl (C=O) groups is 2. The van der Waals surface area contributed by atoms with Gasteiger partial charge in [-0.2, -0.15) is 0 Å². The molecule has 138 valence electrons. The van der Waals surface area contributed by atoms with Crippen molar-refractivity contribution < 1.29 is 18.7 Å². The summed E-state index contributed by atoms with van der Waals surface area (Å²) in [6.45, 7) is 1.85. The number of aryl methyl sites for hydroxylation is 2. The van der Waals surface area contributed by atoms with Crippen LogP contribution in [0.4, 0.5) is 5.00 Å². The summed E-state index contributed by atoms with van der Waals surface area (Å²) in [6, 6.07) is 3.64. The van der Waals surface area contributed by atoms with E-state index in [0.29, 0.717) is 16.3 Å². The first kappa shape index (κ1) is 18.5. The number of amides is 1. The number of ether oxygens (including phenoxy) is 1. The van der Waals surface area contributed by atoms with Crippen molar-refractivity contribution in [2.24, 2.45) is 0 Å². The van der Waals surface area contributed by atoms with E-state index in [-0.39, 0.29) is 11.9 Å². The van der Waals surface area contributed by atoms with Gasteiger partial charge in [-0.05, 0) is 56.4 Å². The number of hydrogen-bond acceptors (Lipinski definition) is 5. The van der Waals surface area contributed by atoms with E-state index in [0.717, 1.165) is 37.0 Å². The third-order valence-corrected chi connectivity index (χ3v) is 5.66. The molecule has 1 amide bonds. The highest BCUT2D eigenvalue weighted by Crippen LogP contribution is 2.37. The van der Waals surface area contributed by atoms with Gasteiger partial charge in [0.2, 0.25) is 5.91 Å². The third kappa shape index (κ3) is 4.25. The van der Waals surface area contributed by atoms with E-state index in [4.69, 9.17) is 9.15 Å². The highest BCUT2D eigenvalue weighted by molar-refractivity contribution is 7.17. The number of esters is 1. The molecule has 6 heteroatoms. The molecular weight excluding hydrogens is 350 g/mol. The van der Waals surface area contributed by atoms with E-state index >= 15 is 0 Å². The van der Waals surface area contributed by atoms with Gasteiger partial charge >= 0.3 is 5.97 Å². The topological polar surface area (TPSA) is 68.5 Å².